The van der Waals surface area contributed by atoms with E-state index in [9.17, 15) is 29.4 Å². The first-order valence-corrected chi connectivity index (χ1v) is 25.5. The van der Waals surface area contributed by atoms with E-state index in [-0.39, 0.29) is 39.3 Å². The van der Waals surface area contributed by atoms with Crippen LogP contribution in [0.1, 0.15) is 174 Å². The van der Waals surface area contributed by atoms with Gasteiger partial charge in [0.05, 0.1) is 64.3 Å². The summed E-state index contributed by atoms with van der Waals surface area (Å²) in [5.74, 6) is -4.77. The molecule has 0 aromatic heterocycles. The van der Waals surface area contributed by atoms with Crippen molar-refractivity contribution in [3.05, 3.63) is 48.1 Å². The van der Waals surface area contributed by atoms with Crippen LogP contribution in [0.25, 0.3) is 0 Å². The fraction of sp³-hybridized carbons (Fsp3) is 0.736. The quantitative estimate of drug-likeness (QED) is 0.0243. The first kappa shape index (κ1) is 60.1. The lowest BCUT2D eigenvalue weighted by Gasteiger charge is -2.25. The van der Waals surface area contributed by atoms with Gasteiger partial charge in [-0.15, -0.1) is 0 Å². The molecule has 0 aliphatic heterocycles. The molecule has 1 aromatic rings. The molecule has 0 aliphatic carbocycles. The van der Waals surface area contributed by atoms with Crippen molar-refractivity contribution in [2.45, 2.75) is 175 Å². The van der Waals surface area contributed by atoms with Crippen molar-refractivity contribution in [3.63, 3.8) is 0 Å². The smallest absolute Gasteiger partial charge is 0.307 e. The number of carboxylic acids is 2. The number of carbonyl (C=O) groups is 4. The molecule has 0 radical (unpaired) electrons. The van der Waals surface area contributed by atoms with E-state index in [2.05, 4.69) is 18.7 Å². The summed E-state index contributed by atoms with van der Waals surface area (Å²) >= 11 is 0. The maximum Gasteiger partial charge on any atom is 0.307 e. The predicted molar refractivity (Wildman–Crippen MR) is 265 cm³/mol. The average Bonchev–Trinajstić information content (AvgIpc) is 3.29. The summed E-state index contributed by atoms with van der Waals surface area (Å²) in [6, 6.07) is 5.80. The van der Waals surface area contributed by atoms with Crippen LogP contribution >= 0.6 is 0 Å². The van der Waals surface area contributed by atoms with Crippen LogP contribution < -0.4 is 10.6 Å². The highest BCUT2D eigenvalue weighted by Crippen LogP contribution is 2.21. The fourth-order valence-corrected chi connectivity index (χ4v) is 7.39. The molecular formula is C53H90N2O11. The molecular weight excluding hydrogens is 841 g/mol. The van der Waals surface area contributed by atoms with Crippen LogP contribution in [-0.4, -0.2) is 100 Å². The Hall–Kier alpha value is -3.94. The van der Waals surface area contributed by atoms with Gasteiger partial charge in [0.15, 0.2) is 0 Å². The topological polar surface area (TPSA) is 184 Å². The van der Waals surface area contributed by atoms with Gasteiger partial charge >= 0.3 is 23.9 Å². The summed E-state index contributed by atoms with van der Waals surface area (Å²) in [7, 11) is 0. The number of nitrogens with two attached hydrogens (primary N) is 1. The van der Waals surface area contributed by atoms with Gasteiger partial charge in [0.25, 0.3) is 0 Å². The van der Waals surface area contributed by atoms with Crippen LogP contribution in [0, 0.1) is 18.8 Å². The highest BCUT2D eigenvalue weighted by atomic mass is 16.6. The predicted octanol–water partition coefficient (Wildman–Crippen LogP) is 11.4. The van der Waals surface area contributed by atoms with Crippen molar-refractivity contribution < 1.29 is 53.1 Å². The van der Waals surface area contributed by atoms with Crippen LogP contribution in [-0.2, 0) is 42.9 Å². The number of rotatable bonds is 46. The molecule has 2 atom stereocenters. The van der Waals surface area contributed by atoms with E-state index in [1.807, 2.05) is 49.4 Å². The minimum atomic E-state index is -1.01. The summed E-state index contributed by atoms with van der Waals surface area (Å²) < 4.78 is 27.7. The molecule has 4 N–H and O–H groups in total. The number of anilines is 2. The van der Waals surface area contributed by atoms with Gasteiger partial charge in [-0.05, 0) is 69.2 Å². The van der Waals surface area contributed by atoms with Crippen molar-refractivity contribution >= 4 is 35.3 Å². The van der Waals surface area contributed by atoms with Crippen LogP contribution in [0.4, 0.5) is 11.4 Å². The highest BCUT2D eigenvalue weighted by Gasteiger charge is 2.22. The van der Waals surface area contributed by atoms with Crippen LogP contribution in [0.3, 0.4) is 0 Å². The van der Waals surface area contributed by atoms with E-state index in [4.69, 9.17) is 29.4 Å². The molecule has 0 saturated carbocycles. The molecule has 1 aromatic carbocycles. The number of hydrogen-bond donors (Lipinski definition) is 3. The molecule has 0 aliphatic rings. The second-order valence-corrected chi connectivity index (χ2v) is 17.4. The molecule has 13 heteroatoms. The molecule has 2 unspecified atom stereocenters. The standard InChI is InChI=1S/C53H90N2O11/c1-4-6-8-10-12-14-16-18-20-22-24-26-28-46(52(58)59)43-50(56)65-40-38-63-35-33-55(48-30-31-49(54)45(3)42-48)32-34-62-36-37-64-39-41-66-51(57)44-47(53(60)61)29-27-25-23-21-19-17-15-13-11-9-7-5-2/h24-27,30-31,42,46-47H,4-23,28-29,32-41,43-44,54H2,1-3H3,(H,58,59)(H,60,61)/b26-24+,27-25+. The van der Waals surface area contributed by atoms with Gasteiger partial charge in [-0.1, -0.05) is 141 Å². The van der Waals surface area contributed by atoms with E-state index in [1.165, 1.54) is 103 Å². The van der Waals surface area contributed by atoms with Crippen molar-refractivity contribution in [1.82, 2.24) is 0 Å². The second kappa shape index (κ2) is 42.4. The molecule has 66 heavy (non-hydrogen) atoms. The Morgan fingerprint density at radius 1 is 0.545 bits per heavy atom. The van der Waals surface area contributed by atoms with Crippen molar-refractivity contribution in [3.8, 4) is 0 Å². The molecule has 0 fully saturated rings. The summed E-state index contributed by atoms with van der Waals surface area (Å²) in [5.41, 5.74) is 8.66. The Labute approximate surface area is 398 Å². The number of nitrogens with zero attached hydrogens (tertiary/aromatic N) is 1. The summed E-state index contributed by atoms with van der Waals surface area (Å²) in [5, 5.41) is 19.2. The molecule has 1 rings (SSSR count). The zero-order valence-electron chi connectivity index (χ0n) is 41.3. The molecule has 0 amide bonds. The Kier molecular flexibility index (Phi) is 38.6. The molecule has 0 spiro atoms. The number of unbranched alkanes of at least 4 members (excludes halogenated alkanes) is 18. The van der Waals surface area contributed by atoms with Crippen LogP contribution in [0.5, 0.6) is 0 Å². The van der Waals surface area contributed by atoms with E-state index in [0.717, 1.165) is 36.9 Å². The lowest BCUT2D eigenvalue weighted by molar-refractivity contribution is -0.152. The first-order chi connectivity index (χ1) is 32.1. The number of benzene rings is 1. The number of nitrogen functional groups attached to an aromatic ring is 1. The first-order valence-electron chi connectivity index (χ1n) is 25.5. The van der Waals surface area contributed by atoms with E-state index in [1.54, 1.807) is 0 Å². The van der Waals surface area contributed by atoms with Gasteiger partial charge in [-0.2, -0.15) is 0 Å². The van der Waals surface area contributed by atoms with Crippen molar-refractivity contribution in [1.29, 1.82) is 0 Å². The summed E-state index contributed by atoms with van der Waals surface area (Å²) in [6.45, 7) is 9.30. The Balaban J connectivity index is 2.27. The van der Waals surface area contributed by atoms with Crippen LogP contribution in [0.15, 0.2) is 42.5 Å². The third kappa shape index (κ3) is 34.4. The van der Waals surface area contributed by atoms with Gasteiger partial charge in [0.2, 0.25) is 0 Å². The third-order valence-corrected chi connectivity index (χ3v) is 11.6. The summed E-state index contributed by atoms with van der Waals surface area (Å²) in [6.07, 6.45) is 32.6. The zero-order chi connectivity index (χ0) is 48.3. The minimum Gasteiger partial charge on any atom is -0.481 e. The van der Waals surface area contributed by atoms with Gasteiger partial charge in [0.1, 0.15) is 13.2 Å². The van der Waals surface area contributed by atoms with Gasteiger partial charge < -0.3 is 44.5 Å². The Morgan fingerprint density at radius 2 is 0.924 bits per heavy atom. The van der Waals surface area contributed by atoms with Gasteiger partial charge in [-0.3, -0.25) is 19.2 Å². The third-order valence-electron chi connectivity index (χ3n) is 11.6. The lowest BCUT2D eigenvalue weighted by atomic mass is 10.0. The second-order valence-electron chi connectivity index (χ2n) is 17.4. The average molecular weight is 931 g/mol. The number of carbonyl (C=O) groups excluding carboxylic acids is 2. The van der Waals surface area contributed by atoms with Crippen LogP contribution in [0.2, 0.25) is 0 Å². The molecule has 0 bridgehead atoms. The number of aryl methyl sites for hydroxylation is 1. The Bertz CT molecular complexity index is 1450. The number of esters is 2. The maximum atomic E-state index is 12.4. The molecule has 0 heterocycles. The van der Waals surface area contributed by atoms with E-state index >= 15 is 0 Å². The normalized spacial score (nSPS) is 12.5. The number of ether oxygens (including phenoxy) is 5. The molecule has 0 saturated heterocycles. The largest absolute Gasteiger partial charge is 0.481 e. The van der Waals surface area contributed by atoms with Crippen molar-refractivity contribution in [2.75, 3.05) is 76.6 Å². The lowest BCUT2D eigenvalue weighted by Crippen LogP contribution is -2.31. The SMILES string of the molecule is CCCCCCCCCCC/C=C/CC(CC(=O)OCCOCCOCCN(CCOCCOC(=O)CC(C/C=C/CCCCCCCCCCC)C(=O)O)c1ccc(N)c(C)c1)C(=O)O. The minimum absolute atomic E-state index is 0.0306. The van der Waals surface area contributed by atoms with Gasteiger partial charge in [0, 0.05) is 24.5 Å². The Morgan fingerprint density at radius 3 is 1.32 bits per heavy atom. The van der Waals surface area contributed by atoms with E-state index < -0.39 is 35.7 Å². The fourth-order valence-electron chi connectivity index (χ4n) is 7.39. The maximum absolute atomic E-state index is 12.4. The number of aliphatic carboxylic acids is 2. The summed E-state index contributed by atoms with van der Waals surface area (Å²) in [4.78, 5) is 50.4. The van der Waals surface area contributed by atoms with Gasteiger partial charge in [-0.25, -0.2) is 0 Å². The molecule has 378 valence electrons. The monoisotopic (exact) mass is 931 g/mol. The number of allylic oxidation sites excluding steroid dienone is 4. The molecule has 13 nitrogen and oxygen atoms in total. The number of hydrogen-bond acceptors (Lipinski definition) is 11. The van der Waals surface area contributed by atoms with E-state index in [0.29, 0.717) is 58.0 Å². The highest BCUT2D eigenvalue weighted by molar-refractivity contribution is 5.79. The zero-order valence-corrected chi connectivity index (χ0v) is 41.3. The van der Waals surface area contributed by atoms with Crippen molar-refractivity contribution in [2.24, 2.45) is 11.8 Å². The number of carboxylic acid groups (broad SMARTS) is 2.